The summed E-state index contributed by atoms with van der Waals surface area (Å²) in [4.78, 5) is 10.6. The first-order valence-electron chi connectivity index (χ1n) is 7.27. The van der Waals surface area contributed by atoms with E-state index < -0.39 is 5.97 Å². The van der Waals surface area contributed by atoms with Gasteiger partial charge in [0.05, 0.1) is 0 Å². The molecule has 0 amide bonds. The molecule has 3 nitrogen and oxygen atoms in total. The topological polar surface area (TPSA) is 42.2 Å². The number of aliphatic carboxylic acids is 1. The molecule has 3 aromatic rings. The Balaban J connectivity index is 2.03. The van der Waals surface area contributed by atoms with Crippen molar-refractivity contribution < 1.29 is 9.90 Å². The average Bonchev–Trinajstić information content (AvgIpc) is 2.95. The standard InChI is InChI=1S/C19H17NO2/c1-2-20-11-10-15-7-8-17(13-18(15)20)16-5-3-4-14(12-16)6-9-19(21)22/h3-13H,2H2,1H3,(H,21,22)/b9-6+. The SMILES string of the molecule is CCn1ccc2ccc(-c3cccc(/C=C/C(=O)O)c3)cc21. The Labute approximate surface area is 129 Å². The minimum atomic E-state index is -0.937. The summed E-state index contributed by atoms with van der Waals surface area (Å²) >= 11 is 0. The molecule has 0 saturated heterocycles. The molecule has 0 aliphatic heterocycles. The first-order chi connectivity index (χ1) is 10.7. The number of nitrogens with zero attached hydrogens (tertiary/aromatic N) is 1. The van der Waals surface area contributed by atoms with E-state index in [1.54, 1.807) is 6.08 Å². The van der Waals surface area contributed by atoms with Crippen LogP contribution in [0.25, 0.3) is 28.1 Å². The van der Waals surface area contributed by atoms with E-state index in [-0.39, 0.29) is 0 Å². The third kappa shape index (κ3) is 2.79. The van der Waals surface area contributed by atoms with Gasteiger partial charge in [-0.25, -0.2) is 4.79 Å². The third-order valence-electron chi connectivity index (χ3n) is 3.75. The van der Waals surface area contributed by atoms with Gasteiger partial charge in [-0.3, -0.25) is 0 Å². The van der Waals surface area contributed by atoms with Crippen LogP contribution >= 0.6 is 0 Å². The number of hydrogen-bond acceptors (Lipinski definition) is 1. The number of carbonyl (C=O) groups is 1. The second-order valence-corrected chi connectivity index (χ2v) is 5.17. The highest BCUT2D eigenvalue weighted by molar-refractivity contribution is 5.87. The van der Waals surface area contributed by atoms with Gasteiger partial charge < -0.3 is 9.67 Å². The highest BCUT2D eigenvalue weighted by atomic mass is 16.4. The van der Waals surface area contributed by atoms with Crippen LogP contribution in [0.4, 0.5) is 0 Å². The Kier molecular flexibility index (Phi) is 3.79. The second kappa shape index (κ2) is 5.90. The molecule has 0 fully saturated rings. The van der Waals surface area contributed by atoms with Crippen LogP contribution in [0.5, 0.6) is 0 Å². The molecule has 3 heteroatoms. The van der Waals surface area contributed by atoms with E-state index in [1.165, 1.54) is 10.9 Å². The number of carboxylic acids is 1. The van der Waals surface area contributed by atoms with Crippen molar-refractivity contribution in [3.63, 3.8) is 0 Å². The van der Waals surface area contributed by atoms with Gasteiger partial charge in [-0.1, -0.05) is 30.3 Å². The zero-order valence-electron chi connectivity index (χ0n) is 12.4. The molecule has 2 aromatic carbocycles. The van der Waals surface area contributed by atoms with Crippen LogP contribution in [0.15, 0.2) is 60.8 Å². The molecule has 0 unspecified atom stereocenters. The molecule has 0 radical (unpaired) electrons. The fourth-order valence-corrected chi connectivity index (χ4v) is 2.63. The van der Waals surface area contributed by atoms with E-state index in [0.29, 0.717) is 0 Å². The minimum absolute atomic E-state index is 0.880. The summed E-state index contributed by atoms with van der Waals surface area (Å²) in [5.41, 5.74) is 4.31. The van der Waals surface area contributed by atoms with Crippen LogP contribution in [-0.4, -0.2) is 15.6 Å². The van der Waals surface area contributed by atoms with Crippen LogP contribution in [0, 0.1) is 0 Å². The van der Waals surface area contributed by atoms with Gasteiger partial charge in [0.25, 0.3) is 0 Å². The van der Waals surface area contributed by atoms with Crippen molar-refractivity contribution >= 4 is 22.9 Å². The summed E-state index contributed by atoms with van der Waals surface area (Å²) in [7, 11) is 0. The third-order valence-corrected chi connectivity index (χ3v) is 3.75. The van der Waals surface area contributed by atoms with Crippen LogP contribution in [-0.2, 0) is 11.3 Å². The second-order valence-electron chi connectivity index (χ2n) is 5.17. The van der Waals surface area contributed by atoms with E-state index in [4.69, 9.17) is 5.11 Å². The van der Waals surface area contributed by atoms with Gasteiger partial charge in [0.2, 0.25) is 0 Å². The number of rotatable bonds is 4. The molecule has 22 heavy (non-hydrogen) atoms. The van der Waals surface area contributed by atoms with Gasteiger partial charge in [0, 0.05) is 24.3 Å². The molecule has 0 aliphatic rings. The highest BCUT2D eigenvalue weighted by Gasteiger charge is 2.03. The summed E-state index contributed by atoms with van der Waals surface area (Å²) in [5.74, 6) is -0.937. The van der Waals surface area contributed by atoms with Crippen LogP contribution in [0.3, 0.4) is 0 Å². The van der Waals surface area contributed by atoms with E-state index >= 15 is 0 Å². The number of carboxylic acid groups (broad SMARTS) is 1. The van der Waals surface area contributed by atoms with Gasteiger partial charge in [0.15, 0.2) is 0 Å². The van der Waals surface area contributed by atoms with Crippen molar-refractivity contribution in [2.75, 3.05) is 0 Å². The Hall–Kier alpha value is -2.81. The smallest absolute Gasteiger partial charge is 0.328 e. The molecule has 1 heterocycles. The van der Waals surface area contributed by atoms with E-state index in [9.17, 15) is 4.79 Å². The predicted octanol–water partition coefficient (Wildman–Crippen LogP) is 4.43. The average molecular weight is 291 g/mol. The van der Waals surface area contributed by atoms with Gasteiger partial charge >= 0.3 is 5.97 Å². The molecular formula is C19H17NO2. The first kappa shape index (κ1) is 14.1. The normalized spacial score (nSPS) is 11.3. The number of aryl methyl sites for hydroxylation is 1. The van der Waals surface area contributed by atoms with Gasteiger partial charge in [0.1, 0.15) is 0 Å². The quantitative estimate of drug-likeness (QED) is 0.723. The Morgan fingerprint density at radius 3 is 2.73 bits per heavy atom. The molecule has 1 N–H and O–H groups in total. The van der Waals surface area contributed by atoms with Gasteiger partial charge in [-0.15, -0.1) is 0 Å². The Morgan fingerprint density at radius 1 is 1.14 bits per heavy atom. The van der Waals surface area contributed by atoms with E-state index in [1.807, 2.05) is 24.3 Å². The molecule has 0 spiro atoms. The largest absolute Gasteiger partial charge is 0.478 e. The molecule has 110 valence electrons. The Morgan fingerprint density at radius 2 is 1.95 bits per heavy atom. The monoisotopic (exact) mass is 291 g/mol. The number of benzene rings is 2. The van der Waals surface area contributed by atoms with Crippen molar-refractivity contribution in [3.05, 3.63) is 66.4 Å². The fraction of sp³-hybridized carbons (Fsp3) is 0.105. The maximum Gasteiger partial charge on any atom is 0.328 e. The van der Waals surface area contributed by atoms with Crippen molar-refractivity contribution in [1.29, 1.82) is 0 Å². The summed E-state index contributed by atoms with van der Waals surface area (Å²) in [6, 6.07) is 16.4. The first-order valence-corrected chi connectivity index (χ1v) is 7.27. The fourth-order valence-electron chi connectivity index (χ4n) is 2.63. The summed E-state index contributed by atoms with van der Waals surface area (Å²) in [6.45, 7) is 3.07. The summed E-state index contributed by atoms with van der Waals surface area (Å²) in [6.07, 6.45) is 4.87. The predicted molar refractivity (Wildman–Crippen MR) is 89.7 cm³/mol. The minimum Gasteiger partial charge on any atom is -0.478 e. The molecule has 0 aliphatic carbocycles. The molecule has 3 rings (SSSR count). The summed E-state index contributed by atoms with van der Waals surface area (Å²) < 4.78 is 2.22. The molecule has 1 aromatic heterocycles. The number of fused-ring (bicyclic) bond motifs is 1. The molecule has 0 atom stereocenters. The number of hydrogen-bond donors (Lipinski definition) is 1. The van der Waals surface area contributed by atoms with Crippen molar-refractivity contribution in [3.8, 4) is 11.1 Å². The van der Waals surface area contributed by atoms with E-state index in [2.05, 4.69) is 42.0 Å². The van der Waals surface area contributed by atoms with Crippen LogP contribution in [0.1, 0.15) is 12.5 Å². The molecular weight excluding hydrogens is 274 g/mol. The Bertz CT molecular complexity index is 859. The zero-order chi connectivity index (χ0) is 15.5. The van der Waals surface area contributed by atoms with Crippen LogP contribution in [0.2, 0.25) is 0 Å². The maximum absolute atomic E-state index is 10.6. The number of aromatic nitrogens is 1. The molecule has 0 saturated carbocycles. The van der Waals surface area contributed by atoms with Gasteiger partial charge in [-0.2, -0.15) is 0 Å². The maximum atomic E-state index is 10.6. The van der Waals surface area contributed by atoms with Gasteiger partial charge in [-0.05, 0) is 53.3 Å². The van der Waals surface area contributed by atoms with Crippen LogP contribution < -0.4 is 0 Å². The van der Waals surface area contributed by atoms with Crippen molar-refractivity contribution in [1.82, 2.24) is 4.57 Å². The lowest BCUT2D eigenvalue weighted by atomic mass is 10.0. The highest BCUT2D eigenvalue weighted by Crippen LogP contribution is 2.26. The van der Waals surface area contributed by atoms with Crippen molar-refractivity contribution in [2.45, 2.75) is 13.5 Å². The molecule has 0 bridgehead atoms. The lowest BCUT2D eigenvalue weighted by Gasteiger charge is -2.06. The summed E-state index contributed by atoms with van der Waals surface area (Å²) in [5, 5.41) is 9.95. The lowest BCUT2D eigenvalue weighted by molar-refractivity contribution is -0.131. The van der Waals surface area contributed by atoms with E-state index in [0.717, 1.165) is 29.3 Å². The zero-order valence-corrected chi connectivity index (χ0v) is 12.4. The lowest BCUT2D eigenvalue weighted by Crippen LogP contribution is -1.91. The van der Waals surface area contributed by atoms with Crippen molar-refractivity contribution in [2.24, 2.45) is 0 Å².